The summed E-state index contributed by atoms with van der Waals surface area (Å²) in [5.74, 6) is -1.14. The van der Waals surface area contributed by atoms with E-state index in [9.17, 15) is 9.18 Å². The van der Waals surface area contributed by atoms with Gasteiger partial charge in [-0.2, -0.15) is 0 Å². The Morgan fingerprint density at radius 2 is 2.14 bits per heavy atom. The van der Waals surface area contributed by atoms with Crippen molar-refractivity contribution in [1.82, 2.24) is 4.98 Å². The van der Waals surface area contributed by atoms with Crippen LogP contribution in [0.4, 0.5) is 10.2 Å². The van der Waals surface area contributed by atoms with E-state index < -0.39 is 17.9 Å². The monoisotopic (exact) mass is 290 g/mol. The molecule has 2 rings (SSSR count). The highest BCUT2D eigenvalue weighted by Crippen LogP contribution is 2.28. The molecule has 0 saturated carbocycles. The lowest BCUT2D eigenvalue weighted by Gasteiger charge is -2.18. The average Bonchev–Trinajstić information content (AvgIpc) is 2.42. The highest BCUT2D eigenvalue weighted by atomic mass is 19.1. The SMILES string of the molecule is Cc1cnc(N)c(OC(C)c2cc(F)ccc2C(=O)O)c1. The minimum absolute atomic E-state index is 0.0110. The lowest BCUT2D eigenvalue weighted by Crippen LogP contribution is -2.11. The summed E-state index contributed by atoms with van der Waals surface area (Å²) in [5, 5.41) is 9.16. The van der Waals surface area contributed by atoms with Crippen LogP contribution in [-0.2, 0) is 0 Å². The molecule has 0 aliphatic heterocycles. The summed E-state index contributed by atoms with van der Waals surface area (Å²) in [7, 11) is 0. The number of benzene rings is 1. The maximum absolute atomic E-state index is 13.4. The molecule has 21 heavy (non-hydrogen) atoms. The second-order valence-corrected chi connectivity index (χ2v) is 4.69. The van der Waals surface area contributed by atoms with Crippen LogP contribution in [0.5, 0.6) is 5.75 Å². The third-order valence-corrected chi connectivity index (χ3v) is 3.00. The van der Waals surface area contributed by atoms with Crippen molar-refractivity contribution >= 4 is 11.8 Å². The summed E-state index contributed by atoms with van der Waals surface area (Å²) in [6, 6.07) is 5.15. The Morgan fingerprint density at radius 1 is 1.43 bits per heavy atom. The fourth-order valence-corrected chi connectivity index (χ4v) is 1.97. The molecule has 5 nitrogen and oxygen atoms in total. The maximum atomic E-state index is 13.4. The third-order valence-electron chi connectivity index (χ3n) is 3.00. The Labute approximate surface area is 121 Å². The van der Waals surface area contributed by atoms with E-state index in [-0.39, 0.29) is 16.9 Å². The van der Waals surface area contributed by atoms with Gasteiger partial charge in [0.1, 0.15) is 11.9 Å². The fraction of sp³-hybridized carbons (Fsp3) is 0.200. The molecule has 2 aromatic rings. The first-order valence-corrected chi connectivity index (χ1v) is 6.30. The molecule has 1 aromatic heterocycles. The maximum Gasteiger partial charge on any atom is 0.336 e. The Bertz CT molecular complexity index is 689. The molecule has 1 atom stereocenters. The topological polar surface area (TPSA) is 85.4 Å². The van der Waals surface area contributed by atoms with Gasteiger partial charge in [-0.1, -0.05) is 0 Å². The van der Waals surface area contributed by atoms with Gasteiger partial charge >= 0.3 is 5.97 Å². The number of hydrogen-bond donors (Lipinski definition) is 2. The number of carboxylic acids is 1. The van der Waals surface area contributed by atoms with Gasteiger partial charge in [0.15, 0.2) is 11.6 Å². The second-order valence-electron chi connectivity index (χ2n) is 4.69. The van der Waals surface area contributed by atoms with Crippen molar-refractivity contribution in [2.24, 2.45) is 0 Å². The number of carbonyl (C=O) groups is 1. The highest BCUT2D eigenvalue weighted by Gasteiger charge is 2.19. The minimum Gasteiger partial charge on any atom is -0.482 e. The first-order chi connectivity index (χ1) is 9.88. The summed E-state index contributed by atoms with van der Waals surface area (Å²) < 4.78 is 19.0. The van der Waals surface area contributed by atoms with Crippen molar-refractivity contribution in [1.29, 1.82) is 0 Å². The first-order valence-electron chi connectivity index (χ1n) is 6.30. The Balaban J connectivity index is 2.36. The number of aromatic nitrogens is 1. The molecule has 6 heteroatoms. The molecule has 0 spiro atoms. The van der Waals surface area contributed by atoms with Crippen molar-refractivity contribution < 1.29 is 19.0 Å². The molecule has 0 fully saturated rings. The van der Waals surface area contributed by atoms with Crippen molar-refractivity contribution in [3.8, 4) is 5.75 Å². The van der Waals surface area contributed by atoms with Gasteiger partial charge in [0.25, 0.3) is 0 Å². The zero-order valence-corrected chi connectivity index (χ0v) is 11.6. The molecule has 0 bridgehead atoms. The number of nitrogens with zero attached hydrogens (tertiary/aromatic N) is 1. The van der Waals surface area contributed by atoms with Gasteiger partial charge in [-0.05, 0) is 43.7 Å². The lowest BCUT2D eigenvalue weighted by atomic mass is 10.0. The number of nitrogen functional groups attached to an aromatic ring is 1. The fourth-order valence-electron chi connectivity index (χ4n) is 1.97. The highest BCUT2D eigenvalue weighted by molar-refractivity contribution is 5.89. The summed E-state index contributed by atoms with van der Waals surface area (Å²) in [6.07, 6.45) is 0.912. The van der Waals surface area contributed by atoms with E-state index in [4.69, 9.17) is 15.6 Å². The number of aryl methyl sites for hydroxylation is 1. The van der Waals surface area contributed by atoms with Crippen molar-refractivity contribution in [3.05, 3.63) is 53.0 Å². The largest absolute Gasteiger partial charge is 0.482 e. The molecule has 1 heterocycles. The van der Waals surface area contributed by atoms with E-state index in [0.29, 0.717) is 5.75 Å². The molecule has 0 aliphatic rings. The smallest absolute Gasteiger partial charge is 0.336 e. The molecule has 110 valence electrons. The molecule has 0 amide bonds. The minimum atomic E-state index is -1.14. The van der Waals surface area contributed by atoms with Gasteiger partial charge in [0.2, 0.25) is 0 Å². The van der Waals surface area contributed by atoms with Crippen LogP contribution in [0.1, 0.15) is 34.5 Å². The summed E-state index contributed by atoms with van der Waals surface area (Å²) in [5.41, 5.74) is 6.80. The summed E-state index contributed by atoms with van der Waals surface area (Å²) >= 11 is 0. The number of rotatable bonds is 4. The number of pyridine rings is 1. The van der Waals surface area contributed by atoms with Gasteiger partial charge < -0.3 is 15.6 Å². The quantitative estimate of drug-likeness (QED) is 0.904. The van der Waals surface area contributed by atoms with Gasteiger partial charge in [-0.3, -0.25) is 0 Å². The molecular formula is C15H15FN2O3. The van der Waals surface area contributed by atoms with Crippen LogP contribution >= 0.6 is 0 Å². The molecule has 1 unspecified atom stereocenters. The molecule has 3 N–H and O–H groups in total. The second kappa shape index (κ2) is 5.78. The van der Waals surface area contributed by atoms with Crippen molar-refractivity contribution in [2.75, 3.05) is 5.73 Å². The molecular weight excluding hydrogens is 275 g/mol. The van der Waals surface area contributed by atoms with Crippen LogP contribution in [0.2, 0.25) is 0 Å². The van der Waals surface area contributed by atoms with Crippen LogP contribution in [-0.4, -0.2) is 16.1 Å². The molecule has 0 aliphatic carbocycles. The molecule has 0 saturated heterocycles. The van der Waals surface area contributed by atoms with Crippen LogP contribution in [0.3, 0.4) is 0 Å². The number of carboxylic acid groups (broad SMARTS) is 1. The summed E-state index contributed by atoms with van der Waals surface area (Å²) in [6.45, 7) is 3.46. The first kappa shape index (κ1) is 14.8. The number of hydrogen-bond acceptors (Lipinski definition) is 4. The molecule has 1 aromatic carbocycles. The zero-order chi connectivity index (χ0) is 15.6. The number of halogens is 1. The van der Waals surface area contributed by atoms with Crippen molar-refractivity contribution in [3.63, 3.8) is 0 Å². The van der Waals surface area contributed by atoms with Crippen LogP contribution in [0, 0.1) is 12.7 Å². The average molecular weight is 290 g/mol. The number of nitrogens with two attached hydrogens (primary N) is 1. The number of anilines is 1. The van der Waals surface area contributed by atoms with Crippen LogP contribution in [0.15, 0.2) is 30.5 Å². The summed E-state index contributed by atoms with van der Waals surface area (Å²) in [4.78, 5) is 15.2. The van der Waals surface area contributed by atoms with Crippen LogP contribution in [0.25, 0.3) is 0 Å². The Hall–Kier alpha value is -2.63. The number of aromatic carboxylic acids is 1. The molecule has 0 radical (unpaired) electrons. The van der Waals surface area contributed by atoms with Gasteiger partial charge in [0.05, 0.1) is 5.56 Å². The van der Waals surface area contributed by atoms with E-state index >= 15 is 0 Å². The number of ether oxygens (including phenoxy) is 1. The van der Waals surface area contributed by atoms with Gasteiger partial charge in [-0.25, -0.2) is 14.2 Å². The lowest BCUT2D eigenvalue weighted by molar-refractivity contribution is 0.0691. The van der Waals surface area contributed by atoms with E-state index in [2.05, 4.69) is 4.98 Å². The standard InChI is InChI=1S/C15H15FN2O3/c1-8-5-13(14(17)18-7-8)21-9(2)12-6-10(16)3-4-11(12)15(19)20/h3-7,9H,1-2H3,(H2,17,18)(H,19,20). The third kappa shape index (κ3) is 3.28. The van der Waals surface area contributed by atoms with E-state index in [1.165, 1.54) is 6.07 Å². The predicted octanol–water partition coefficient (Wildman–Crippen LogP) is 2.95. The zero-order valence-electron chi connectivity index (χ0n) is 11.6. The van der Waals surface area contributed by atoms with E-state index in [1.54, 1.807) is 19.2 Å². The predicted molar refractivity (Wildman–Crippen MR) is 75.8 cm³/mol. The Kier molecular flexibility index (Phi) is 4.07. The normalized spacial score (nSPS) is 12.0. The van der Waals surface area contributed by atoms with E-state index in [0.717, 1.165) is 17.7 Å². The van der Waals surface area contributed by atoms with Gasteiger partial charge in [0, 0.05) is 11.8 Å². The van der Waals surface area contributed by atoms with Gasteiger partial charge in [-0.15, -0.1) is 0 Å². The van der Waals surface area contributed by atoms with Crippen molar-refractivity contribution in [2.45, 2.75) is 20.0 Å². The van der Waals surface area contributed by atoms with Crippen LogP contribution < -0.4 is 10.5 Å². The van der Waals surface area contributed by atoms with E-state index in [1.807, 2.05) is 6.92 Å². The Morgan fingerprint density at radius 3 is 2.81 bits per heavy atom.